The van der Waals surface area contributed by atoms with Gasteiger partial charge in [0.1, 0.15) is 0 Å². The van der Waals surface area contributed by atoms with Gasteiger partial charge >= 0.3 is 5.97 Å². The summed E-state index contributed by atoms with van der Waals surface area (Å²) in [5.74, 6) is -0.0422. The first-order chi connectivity index (χ1) is 7.16. The second-order valence-corrected chi connectivity index (χ2v) is 4.90. The van der Waals surface area contributed by atoms with E-state index < -0.39 is 0 Å². The molecular weight excluding hydrogens is 208 g/mol. The van der Waals surface area contributed by atoms with E-state index in [1.54, 1.807) is 0 Å². The number of unbranched alkanes of at least 4 members (excludes halogenated alkanes) is 3. The highest BCUT2D eigenvalue weighted by Crippen LogP contribution is 2.07. The standard InChI is InChI=1S/C12H24O2S/c1-3-4-9-12(13)14-10-7-5-6-8-11(2)15/h11,15H,3-10H2,1-2H3. The van der Waals surface area contributed by atoms with Gasteiger partial charge in [0.2, 0.25) is 0 Å². The van der Waals surface area contributed by atoms with Crippen LogP contribution in [0.1, 0.15) is 58.8 Å². The summed E-state index contributed by atoms with van der Waals surface area (Å²) in [7, 11) is 0. The lowest BCUT2D eigenvalue weighted by Crippen LogP contribution is -2.05. The molecule has 1 unspecified atom stereocenters. The van der Waals surface area contributed by atoms with Gasteiger partial charge < -0.3 is 4.74 Å². The summed E-state index contributed by atoms with van der Waals surface area (Å²) >= 11 is 4.31. The van der Waals surface area contributed by atoms with Gasteiger partial charge in [-0.1, -0.05) is 33.1 Å². The van der Waals surface area contributed by atoms with Crippen LogP contribution in [-0.2, 0) is 9.53 Å². The molecule has 15 heavy (non-hydrogen) atoms. The van der Waals surface area contributed by atoms with Crippen LogP contribution < -0.4 is 0 Å². The van der Waals surface area contributed by atoms with Gasteiger partial charge in [-0.3, -0.25) is 4.79 Å². The number of thiol groups is 1. The Bertz CT molecular complexity index is 158. The fourth-order valence-electron chi connectivity index (χ4n) is 1.30. The van der Waals surface area contributed by atoms with E-state index in [0.717, 1.165) is 32.1 Å². The minimum absolute atomic E-state index is 0.0422. The number of hydrogen-bond donors (Lipinski definition) is 1. The average molecular weight is 232 g/mol. The molecule has 0 fully saturated rings. The van der Waals surface area contributed by atoms with E-state index in [1.807, 2.05) is 0 Å². The summed E-state index contributed by atoms with van der Waals surface area (Å²) in [5.41, 5.74) is 0. The summed E-state index contributed by atoms with van der Waals surface area (Å²) in [6.07, 6.45) is 7.00. The van der Waals surface area contributed by atoms with E-state index in [2.05, 4.69) is 26.5 Å². The van der Waals surface area contributed by atoms with Crippen LogP contribution in [0.2, 0.25) is 0 Å². The van der Waals surface area contributed by atoms with Crippen LogP contribution in [0.25, 0.3) is 0 Å². The Morgan fingerprint density at radius 3 is 2.60 bits per heavy atom. The van der Waals surface area contributed by atoms with Crippen LogP contribution in [0.5, 0.6) is 0 Å². The lowest BCUT2D eigenvalue weighted by Gasteiger charge is -2.05. The minimum atomic E-state index is -0.0422. The molecule has 0 aromatic heterocycles. The summed E-state index contributed by atoms with van der Waals surface area (Å²) in [6.45, 7) is 4.77. The van der Waals surface area contributed by atoms with E-state index in [-0.39, 0.29) is 5.97 Å². The first-order valence-electron chi connectivity index (χ1n) is 6.00. The molecule has 0 aromatic rings. The van der Waals surface area contributed by atoms with Gasteiger partial charge in [0.05, 0.1) is 6.61 Å². The van der Waals surface area contributed by atoms with Crippen molar-refractivity contribution < 1.29 is 9.53 Å². The lowest BCUT2D eigenvalue weighted by atomic mass is 10.1. The smallest absolute Gasteiger partial charge is 0.305 e. The van der Waals surface area contributed by atoms with Gasteiger partial charge in [0.25, 0.3) is 0 Å². The number of rotatable bonds is 9. The Hall–Kier alpha value is -0.180. The number of ether oxygens (including phenoxy) is 1. The summed E-state index contributed by atoms with van der Waals surface area (Å²) < 4.78 is 5.09. The maximum atomic E-state index is 11.1. The molecule has 0 spiro atoms. The van der Waals surface area contributed by atoms with E-state index in [4.69, 9.17) is 4.74 Å². The third kappa shape index (κ3) is 11.7. The summed E-state index contributed by atoms with van der Waals surface area (Å²) in [5, 5.41) is 0.483. The molecule has 0 heterocycles. The van der Waals surface area contributed by atoms with Gasteiger partial charge in [-0.2, -0.15) is 12.6 Å². The number of esters is 1. The molecule has 0 rings (SSSR count). The van der Waals surface area contributed by atoms with Crippen molar-refractivity contribution in [2.24, 2.45) is 0 Å². The number of carbonyl (C=O) groups excluding carboxylic acids is 1. The Morgan fingerprint density at radius 1 is 1.27 bits per heavy atom. The number of hydrogen-bond acceptors (Lipinski definition) is 3. The van der Waals surface area contributed by atoms with Crippen LogP contribution in [0.3, 0.4) is 0 Å². The summed E-state index contributed by atoms with van der Waals surface area (Å²) in [6, 6.07) is 0. The quantitative estimate of drug-likeness (QED) is 0.373. The molecule has 0 aliphatic carbocycles. The van der Waals surface area contributed by atoms with Crippen LogP contribution in [0.4, 0.5) is 0 Å². The first kappa shape index (κ1) is 14.8. The molecule has 2 nitrogen and oxygen atoms in total. The molecule has 90 valence electrons. The third-order valence-electron chi connectivity index (χ3n) is 2.26. The van der Waals surface area contributed by atoms with Crippen molar-refractivity contribution in [3.8, 4) is 0 Å². The van der Waals surface area contributed by atoms with Crippen molar-refractivity contribution in [1.82, 2.24) is 0 Å². The van der Waals surface area contributed by atoms with Crippen molar-refractivity contribution in [3.05, 3.63) is 0 Å². The number of carbonyl (C=O) groups is 1. The molecule has 0 saturated heterocycles. The highest BCUT2D eigenvalue weighted by Gasteiger charge is 2.01. The molecule has 3 heteroatoms. The van der Waals surface area contributed by atoms with Gasteiger partial charge in [-0.25, -0.2) is 0 Å². The fourth-order valence-corrected chi connectivity index (χ4v) is 1.48. The van der Waals surface area contributed by atoms with Crippen LogP contribution in [0.15, 0.2) is 0 Å². The normalized spacial score (nSPS) is 12.5. The highest BCUT2D eigenvalue weighted by molar-refractivity contribution is 7.80. The predicted octanol–water partition coefficient (Wildman–Crippen LogP) is 3.60. The molecular formula is C12H24O2S. The molecule has 0 bridgehead atoms. The monoisotopic (exact) mass is 232 g/mol. The topological polar surface area (TPSA) is 26.3 Å². The second kappa shape index (κ2) is 10.3. The molecule has 0 aliphatic heterocycles. The molecule has 0 aromatic carbocycles. The van der Waals surface area contributed by atoms with Gasteiger partial charge in [-0.15, -0.1) is 0 Å². The Morgan fingerprint density at radius 2 is 2.00 bits per heavy atom. The second-order valence-electron chi connectivity index (χ2n) is 4.02. The van der Waals surface area contributed by atoms with Gasteiger partial charge in [0.15, 0.2) is 0 Å². The molecule has 0 N–H and O–H groups in total. The minimum Gasteiger partial charge on any atom is -0.466 e. The molecule has 0 amide bonds. The largest absolute Gasteiger partial charge is 0.466 e. The highest BCUT2D eigenvalue weighted by atomic mass is 32.1. The fraction of sp³-hybridized carbons (Fsp3) is 0.917. The van der Waals surface area contributed by atoms with E-state index in [9.17, 15) is 4.79 Å². The van der Waals surface area contributed by atoms with E-state index >= 15 is 0 Å². The Kier molecular flexibility index (Phi) is 10.2. The van der Waals surface area contributed by atoms with Crippen LogP contribution in [0, 0.1) is 0 Å². The Labute approximate surface area is 99.2 Å². The SMILES string of the molecule is CCCCC(=O)OCCCCCC(C)S. The van der Waals surface area contributed by atoms with Crippen LogP contribution in [-0.4, -0.2) is 17.8 Å². The zero-order valence-electron chi connectivity index (χ0n) is 10.00. The lowest BCUT2D eigenvalue weighted by molar-refractivity contribution is -0.143. The van der Waals surface area contributed by atoms with E-state index in [0.29, 0.717) is 18.3 Å². The molecule has 0 aliphatic rings. The maximum absolute atomic E-state index is 11.1. The first-order valence-corrected chi connectivity index (χ1v) is 6.52. The zero-order valence-corrected chi connectivity index (χ0v) is 10.9. The van der Waals surface area contributed by atoms with Crippen molar-refractivity contribution in [1.29, 1.82) is 0 Å². The van der Waals surface area contributed by atoms with E-state index in [1.165, 1.54) is 6.42 Å². The molecule has 0 saturated carbocycles. The van der Waals surface area contributed by atoms with Crippen molar-refractivity contribution in [2.75, 3.05) is 6.61 Å². The van der Waals surface area contributed by atoms with Crippen molar-refractivity contribution in [3.63, 3.8) is 0 Å². The molecule has 1 atom stereocenters. The Balaban J connectivity index is 3.13. The van der Waals surface area contributed by atoms with Gasteiger partial charge in [-0.05, 0) is 24.5 Å². The summed E-state index contributed by atoms with van der Waals surface area (Å²) in [4.78, 5) is 11.1. The molecule has 0 radical (unpaired) electrons. The average Bonchev–Trinajstić information content (AvgIpc) is 2.19. The zero-order chi connectivity index (χ0) is 11.5. The third-order valence-corrected chi connectivity index (χ3v) is 2.52. The predicted molar refractivity (Wildman–Crippen MR) is 67.4 cm³/mol. The maximum Gasteiger partial charge on any atom is 0.305 e. The van der Waals surface area contributed by atoms with Crippen molar-refractivity contribution >= 4 is 18.6 Å². The van der Waals surface area contributed by atoms with Crippen LogP contribution >= 0.6 is 12.6 Å². The van der Waals surface area contributed by atoms with Crippen molar-refractivity contribution in [2.45, 2.75) is 64.0 Å². The van der Waals surface area contributed by atoms with Gasteiger partial charge in [0, 0.05) is 6.42 Å².